The molecule has 2 aromatic carbocycles. The number of carbonyl (C=O) groups excluding carboxylic acids is 1. The predicted octanol–water partition coefficient (Wildman–Crippen LogP) is 4.66. The fourth-order valence-electron chi connectivity index (χ4n) is 2.35. The molecule has 1 atom stereocenters. The van der Waals surface area contributed by atoms with Crippen molar-refractivity contribution < 1.29 is 9.53 Å². The number of benzene rings is 2. The Labute approximate surface area is 126 Å². The fraction of sp³-hybridized carbons (Fsp3) is 0.316. The first-order chi connectivity index (χ1) is 10.1. The summed E-state index contributed by atoms with van der Waals surface area (Å²) in [5, 5.41) is 0. The van der Waals surface area contributed by atoms with Crippen molar-refractivity contribution in [3.8, 4) is 0 Å². The molecule has 0 N–H and O–H groups in total. The highest BCUT2D eigenvalue weighted by atomic mass is 16.5. The van der Waals surface area contributed by atoms with Crippen molar-refractivity contribution in [2.24, 2.45) is 0 Å². The molecule has 0 spiro atoms. The molecule has 2 heteroatoms. The van der Waals surface area contributed by atoms with Crippen LogP contribution in [0.5, 0.6) is 0 Å². The Balaban J connectivity index is 2.21. The Hall–Kier alpha value is -2.09. The van der Waals surface area contributed by atoms with Crippen LogP contribution in [-0.2, 0) is 16.0 Å². The van der Waals surface area contributed by atoms with E-state index in [4.69, 9.17) is 4.74 Å². The second-order valence-corrected chi connectivity index (χ2v) is 5.61. The van der Waals surface area contributed by atoms with Crippen LogP contribution in [0.15, 0.2) is 54.6 Å². The van der Waals surface area contributed by atoms with Gasteiger partial charge in [-0.1, -0.05) is 68.4 Å². The first-order valence-corrected chi connectivity index (χ1v) is 7.37. The molecule has 2 aromatic rings. The quantitative estimate of drug-likeness (QED) is 0.746. The molecular formula is C19H22O2. The molecular weight excluding hydrogens is 260 g/mol. The molecule has 2 nitrogen and oxygen atoms in total. The predicted molar refractivity (Wildman–Crippen MR) is 85.2 cm³/mol. The molecule has 0 radical (unpaired) electrons. The maximum absolute atomic E-state index is 11.4. The maximum atomic E-state index is 11.4. The normalized spacial score (nSPS) is 12.2. The summed E-state index contributed by atoms with van der Waals surface area (Å²) in [6, 6.07) is 18.4. The van der Waals surface area contributed by atoms with Crippen molar-refractivity contribution in [1.29, 1.82) is 0 Å². The first-order valence-electron chi connectivity index (χ1n) is 7.37. The van der Waals surface area contributed by atoms with Gasteiger partial charge in [0.25, 0.3) is 0 Å². The van der Waals surface area contributed by atoms with Crippen LogP contribution in [0.2, 0.25) is 0 Å². The van der Waals surface area contributed by atoms with Crippen molar-refractivity contribution in [3.63, 3.8) is 0 Å². The largest absolute Gasteiger partial charge is 0.457 e. The Morgan fingerprint density at radius 2 is 1.52 bits per heavy atom. The van der Waals surface area contributed by atoms with E-state index in [1.54, 1.807) is 0 Å². The van der Waals surface area contributed by atoms with Gasteiger partial charge in [0.1, 0.15) is 6.10 Å². The van der Waals surface area contributed by atoms with E-state index >= 15 is 0 Å². The van der Waals surface area contributed by atoms with E-state index in [-0.39, 0.29) is 12.1 Å². The van der Waals surface area contributed by atoms with Crippen molar-refractivity contribution >= 4 is 5.97 Å². The molecule has 2 rings (SSSR count). The van der Waals surface area contributed by atoms with E-state index in [9.17, 15) is 4.79 Å². The van der Waals surface area contributed by atoms with Gasteiger partial charge < -0.3 is 4.74 Å². The number of hydrogen-bond donors (Lipinski definition) is 0. The van der Waals surface area contributed by atoms with Gasteiger partial charge in [-0.15, -0.1) is 0 Å². The van der Waals surface area contributed by atoms with Gasteiger partial charge in [0, 0.05) is 13.3 Å². The van der Waals surface area contributed by atoms with Crippen molar-refractivity contribution in [2.45, 2.75) is 39.2 Å². The molecule has 0 saturated carbocycles. The Morgan fingerprint density at radius 3 is 2.05 bits per heavy atom. The summed E-state index contributed by atoms with van der Waals surface area (Å²) in [7, 11) is 0. The van der Waals surface area contributed by atoms with Crippen molar-refractivity contribution in [1.82, 2.24) is 0 Å². The van der Waals surface area contributed by atoms with Crippen LogP contribution in [0.4, 0.5) is 0 Å². The third kappa shape index (κ3) is 4.45. The van der Waals surface area contributed by atoms with Gasteiger partial charge in [0.15, 0.2) is 0 Å². The molecule has 110 valence electrons. The van der Waals surface area contributed by atoms with E-state index in [1.807, 2.05) is 18.2 Å². The molecule has 0 bridgehead atoms. The Bertz CT molecular complexity index is 570. The second-order valence-electron chi connectivity index (χ2n) is 5.61. The molecule has 0 aliphatic rings. The smallest absolute Gasteiger partial charge is 0.303 e. The zero-order valence-corrected chi connectivity index (χ0v) is 12.9. The molecule has 21 heavy (non-hydrogen) atoms. The lowest BCUT2D eigenvalue weighted by atomic mass is 9.97. The summed E-state index contributed by atoms with van der Waals surface area (Å²) >= 11 is 0. The summed E-state index contributed by atoms with van der Waals surface area (Å²) in [4.78, 5) is 11.4. The van der Waals surface area contributed by atoms with Crippen LogP contribution in [0.25, 0.3) is 0 Å². The number of rotatable bonds is 5. The molecule has 0 fully saturated rings. The van der Waals surface area contributed by atoms with Crippen LogP contribution >= 0.6 is 0 Å². The van der Waals surface area contributed by atoms with Crippen molar-refractivity contribution in [3.05, 3.63) is 71.3 Å². The summed E-state index contributed by atoms with van der Waals surface area (Å²) < 4.78 is 5.50. The van der Waals surface area contributed by atoms with Gasteiger partial charge in [-0.05, 0) is 22.6 Å². The van der Waals surface area contributed by atoms with E-state index in [0.29, 0.717) is 12.3 Å². The van der Waals surface area contributed by atoms with Crippen LogP contribution in [0, 0.1) is 0 Å². The number of esters is 1. The highest BCUT2D eigenvalue weighted by Crippen LogP contribution is 2.24. The number of hydrogen-bond acceptors (Lipinski definition) is 2. The topological polar surface area (TPSA) is 26.3 Å². The van der Waals surface area contributed by atoms with Crippen LogP contribution in [0.3, 0.4) is 0 Å². The monoisotopic (exact) mass is 282 g/mol. The minimum Gasteiger partial charge on any atom is -0.457 e. The third-order valence-corrected chi connectivity index (χ3v) is 3.55. The summed E-state index contributed by atoms with van der Waals surface area (Å²) in [5.74, 6) is 0.254. The van der Waals surface area contributed by atoms with Gasteiger partial charge >= 0.3 is 5.97 Å². The zero-order chi connectivity index (χ0) is 15.2. The average Bonchev–Trinajstić information content (AvgIpc) is 2.47. The zero-order valence-electron chi connectivity index (χ0n) is 12.9. The van der Waals surface area contributed by atoms with Crippen molar-refractivity contribution in [2.75, 3.05) is 0 Å². The summed E-state index contributed by atoms with van der Waals surface area (Å²) in [6.07, 6.45) is 0.465. The van der Waals surface area contributed by atoms with Gasteiger partial charge in [0.05, 0.1) is 0 Å². The Kier molecular flexibility index (Phi) is 5.15. The van der Waals surface area contributed by atoms with Gasteiger partial charge in [0.2, 0.25) is 0 Å². The lowest BCUT2D eigenvalue weighted by Crippen LogP contribution is -2.11. The minimum atomic E-state index is -0.246. The fourth-order valence-corrected chi connectivity index (χ4v) is 2.35. The third-order valence-electron chi connectivity index (χ3n) is 3.55. The molecule has 0 amide bonds. The van der Waals surface area contributed by atoms with Crippen LogP contribution in [0.1, 0.15) is 49.5 Å². The highest BCUT2D eigenvalue weighted by molar-refractivity contribution is 5.66. The summed E-state index contributed by atoms with van der Waals surface area (Å²) in [6.45, 7) is 5.80. The lowest BCUT2D eigenvalue weighted by Gasteiger charge is -2.18. The molecule has 0 unspecified atom stereocenters. The molecule has 0 heterocycles. The number of carbonyl (C=O) groups is 1. The standard InChI is InChI=1S/C19H22O2/c1-14(2)17-9-11-18(12-10-17)19(21-15(3)20)13-16-7-5-4-6-8-16/h4-12,14,19H,13H2,1-3H3/t19-/m1/s1. The van der Waals surface area contributed by atoms with E-state index in [2.05, 4.69) is 50.2 Å². The lowest BCUT2D eigenvalue weighted by molar-refractivity contribution is -0.146. The number of ether oxygens (including phenoxy) is 1. The highest BCUT2D eigenvalue weighted by Gasteiger charge is 2.15. The maximum Gasteiger partial charge on any atom is 0.303 e. The Morgan fingerprint density at radius 1 is 0.952 bits per heavy atom. The van der Waals surface area contributed by atoms with Crippen LogP contribution in [-0.4, -0.2) is 5.97 Å². The minimum absolute atomic E-state index is 0.230. The molecule has 0 aliphatic heterocycles. The van der Waals surface area contributed by atoms with Gasteiger partial charge in [-0.25, -0.2) is 0 Å². The molecule has 0 aromatic heterocycles. The first kappa shape index (κ1) is 15.3. The molecule has 0 saturated heterocycles. The average molecular weight is 282 g/mol. The SMILES string of the molecule is CC(=O)O[C@H](Cc1ccccc1)c1ccc(C(C)C)cc1. The van der Waals surface area contributed by atoms with E-state index < -0.39 is 0 Å². The summed E-state index contributed by atoms with van der Waals surface area (Å²) in [5.41, 5.74) is 3.50. The second kappa shape index (κ2) is 7.07. The molecule has 0 aliphatic carbocycles. The van der Waals surface area contributed by atoms with Crippen LogP contribution < -0.4 is 0 Å². The van der Waals surface area contributed by atoms with Gasteiger partial charge in [-0.3, -0.25) is 4.79 Å². The van der Waals surface area contributed by atoms with Gasteiger partial charge in [-0.2, -0.15) is 0 Å². The van der Waals surface area contributed by atoms with E-state index in [0.717, 1.165) is 11.1 Å². The van der Waals surface area contributed by atoms with E-state index in [1.165, 1.54) is 12.5 Å².